The van der Waals surface area contributed by atoms with E-state index in [1.807, 2.05) is 24.0 Å². The van der Waals surface area contributed by atoms with Gasteiger partial charge >= 0.3 is 6.09 Å². The topological polar surface area (TPSA) is 61.9 Å². The van der Waals surface area contributed by atoms with Crippen LogP contribution in [-0.4, -0.2) is 59.6 Å². The summed E-state index contributed by atoms with van der Waals surface area (Å²) < 4.78 is 5.30. The van der Waals surface area contributed by atoms with Crippen LogP contribution < -0.4 is 5.32 Å². The molecule has 1 spiro atoms. The summed E-state index contributed by atoms with van der Waals surface area (Å²) in [5.41, 5.74) is 2.30. The molecule has 1 aromatic rings. The number of nitrogens with zero attached hydrogens (tertiary/aromatic N) is 2. The van der Waals surface area contributed by atoms with E-state index in [0.29, 0.717) is 31.2 Å². The molecule has 1 N–H and O–H groups in total. The van der Waals surface area contributed by atoms with Crippen molar-refractivity contribution >= 4 is 17.7 Å². The van der Waals surface area contributed by atoms with E-state index in [9.17, 15) is 9.59 Å². The zero-order valence-corrected chi connectivity index (χ0v) is 17.2. The fraction of sp³-hybridized carbons (Fsp3) is 0.652. The Labute approximate surface area is 172 Å². The number of para-hydroxylation sites is 1. The van der Waals surface area contributed by atoms with Gasteiger partial charge in [-0.15, -0.1) is 0 Å². The number of anilines is 1. The molecule has 2 bridgehead atoms. The van der Waals surface area contributed by atoms with Gasteiger partial charge in [-0.3, -0.25) is 4.79 Å². The van der Waals surface area contributed by atoms with Crippen molar-refractivity contribution in [2.24, 2.45) is 0 Å². The molecule has 6 nitrogen and oxygen atoms in total. The Kier molecular flexibility index (Phi) is 4.77. The molecule has 2 amide bonds. The molecule has 0 radical (unpaired) electrons. The number of hydrogen-bond acceptors (Lipinski definition) is 4. The summed E-state index contributed by atoms with van der Waals surface area (Å²) in [6.45, 7) is 4.39. The molecule has 4 heterocycles. The summed E-state index contributed by atoms with van der Waals surface area (Å²) in [7, 11) is 0. The Hall–Kier alpha value is -2.08. The average molecular weight is 398 g/mol. The average Bonchev–Trinajstić information content (AvgIpc) is 2.98. The fourth-order valence-corrected chi connectivity index (χ4v) is 6.36. The smallest absolute Gasteiger partial charge is 0.410 e. The van der Waals surface area contributed by atoms with Gasteiger partial charge in [-0.2, -0.15) is 0 Å². The first-order valence-electron chi connectivity index (χ1n) is 11.2. The highest BCUT2D eigenvalue weighted by molar-refractivity contribution is 5.95. The van der Waals surface area contributed by atoms with Crippen LogP contribution in [0.25, 0.3) is 0 Å². The maximum Gasteiger partial charge on any atom is 0.410 e. The summed E-state index contributed by atoms with van der Waals surface area (Å²) >= 11 is 0. The van der Waals surface area contributed by atoms with Gasteiger partial charge in [0.1, 0.15) is 0 Å². The van der Waals surface area contributed by atoms with E-state index in [1.165, 1.54) is 5.56 Å². The van der Waals surface area contributed by atoms with Gasteiger partial charge in [0.15, 0.2) is 0 Å². The molecule has 0 aromatic heterocycles. The number of carbonyl (C=O) groups is 2. The van der Waals surface area contributed by atoms with Gasteiger partial charge in [0.2, 0.25) is 5.91 Å². The van der Waals surface area contributed by atoms with Crippen LogP contribution in [0.15, 0.2) is 24.3 Å². The van der Waals surface area contributed by atoms with Gasteiger partial charge < -0.3 is 19.9 Å². The van der Waals surface area contributed by atoms with Crippen LogP contribution in [0, 0.1) is 0 Å². The van der Waals surface area contributed by atoms with Gasteiger partial charge in [-0.25, -0.2) is 4.79 Å². The van der Waals surface area contributed by atoms with E-state index in [-0.39, 0.29) is 17.4 Å². The third-order valence-corrected chi connectivity index (χ3v) is 7.73. The highest BCUT2D eigenvalue weighted by Gasteiger charge is 2.48. The minimum atomic E-state index is -0.124. The second kappa shape index (κ2) is 7.31. The van der Waals surface area contributed by atoms with E-state index in [1.54, 1.807) is 0 Å². The molecule has 3 saturated heterocycles. The third-order valence-electron chi connectivity index (χ3n) is 7.73. The van der Waals surface area contributed by atoms with Gasteiger partial charge in [0, 0.05) is 35.6 Å². The molecule has 0 aliphatic carbocycles. The van der Waals surface area contributed by atoms with Crippen molar-refractivity contribution < 1.29 is 14.3 Å². The zero-order valence-electron chi connectivity index (χ0n) is 17.2. The van der Waals surface area contributed by atoms with Gasteiger partial charge in [-0.05, 0) is 70.2 Å². The van der Waals surface area contributed by atoms with Crippen molar-refractivity contribution in [1.82, 2.24) is 9.80 Å². The second-order valence-corrected chi connectivity index (χ2v) is 9.20. The van der Waals surface area contributed by atoms with Crippen LogP contribution in [0.5, 0.6) is 0 Å². The Morgan fingerprint density at radius 2 is 1.83 bits per heavy atom. The number of amides is 2. The molecule has 1 aromatic carbocycles. The van der Waals surface area contributed by atoms with Crippen molar-refractivity contribution in [3.05, 3.63) is 29.8 Å². The van der Waals surface area contributed by atoms with E-state index >= 15 is 0 Å². The van der Waals surface area contributed by atoms with Crippen LogP contribution in [0.4, 0.5) is 10.5 Å². The number of ether oxygens (including phenoxy) is 1. The molecule has 156 valence electrons. The summed E-state index contributed by atoms with van der Waals surface area (Å²) in [6, 6.07) is 9.52. The second-order valence-electron chi connectivity index (χ2n) is 9.20. The lowest BCUT2D eigenvalue weighted by Gasteiger charge is -2.49. The first-order valence-corrected chi connectivity index (χ1v) is 11.2. The first kappa shape index (κ1) is 18.9. The van der Waals surface area contributed by atoms with Crippen LogP contribution in [0.2, 0.25) is 0 Å². The fourth-order valence-electron chi connectivity index (χ4n) is 6.36. The largest absolute Gasteiger partial charge is 0.450 e. The Morgan fingerprint density at radius 3 is 2.52 bits per heavy atom. The molecule has 6 heteroatoms. The molecule has 4 aliphatic heterocycles. The normalized spacial score (nSPS) is 30.7. The third kappa shape index (κ3) is 3.21. The SMILES string of the molecule is CCOC(=O)N1C2CCC1CC(N1CCC3(CC1)CC(=O)Nc1ccccc13)C2. The molecular weight excluding hydrogens is 366 g/mol. The highest BCUT2D eigenvalue weighted by Crippen LogP contribution is 2.46. The first-order chi connectivity index (χ1) is 14.1. The molecule has 3 fully saturated rings. The number of rotatable bonds is 2. The van der Waals surface area contributed by atoms with Gasteiger partial charge in [0.25, 0.3) is 0 Å². The molecule has 2 atom stereocenters. The quantitative estimate of drug-likeness (QED) is 0.830. The number of piperidine rings is 2. The highest BCUT2D eigenvalue weighted by atomic mass is 16.6. The van der Waals surface area contributed by atoms with Crippen LogP contribution in [0.3, 0.4) is 0 Å². The number of benzene rings is 1. The lowest BCUT2D eigenvalue weighted by atomic mass is 9.68. The van der Waals surface area contributed by atoms with E-state index < -0.39 is 0 Å². The van der Waals surface area contributed by atoms with Crippen LogP contribution >= 0.6 is 0 Å². The molecule has 0 saturated carbocycles. The minimum Gasteiger partial charge on any atom is -0.450 e. The summed E-state index contributed by atoms with van der Waals surface area (Å²) in [5.74, 6) is 0.151. The Balaban J connectivity index is 1.27. The number of carbonyl (C=O) groups excluding carboxylic acids is 2. The van der Waals surface area contributed by atoms with E-state index in [2.05, 4.69) is 22.3 Å². The summed E-state index contributed by atoms with van der Waals surface area (Å²) in [5, 5.41) is 3.05. The van der Waals surface area contributed by atoms with Crippen molar-refractivity contribution in [1.29, 1.82) is 0 Å². The van der Waals surface area contributed by atoms with Crippen molar-refractivity contribution in [3.8, 4) is 0 Å². The van der Waals surface area contributed by atoms with E-state index in [4.69, 9.17) is 4.74 Å². The van der Waals surface area contributed by atoms with Crippen molar-refractivity contribution in [2.75, 3.05) is 25.0 Å². The predicted octanol–water partition coefficient (Wildman–Crippen LogP) is 3.51. The lowest BCUT2D eigenvalue weighted by molar-refractivity contribution is -0.118. The Bertz CT molecular complexity index is 788. The summed E-state index contributed by atoms with van der Waals surface area (Å²) in [4.78, 5) is 29.4. The number of fused-ring (bicyclic) bond motifs is 4. The van der Waals surface area contributed by atoms with Crippen LogP contribution in [0.1, 0.15) is 57.4 Å². The van der Waals surface area contributed by atoms with Gasteiger partial charge in [-0.1, -0.05) is 18.2 Å². The van der Waals surface area contributed by atoms with Gasteiger partial charge in [0.05, 0.1) is 6.61 Å². The number of likely N-dealkylation sites (tertiary alicyclic amines) is 1. The lowest BCUT2D eigenvalue weighted by Crippen LogP contribution is -2.55. The molecule has 4 aliphatic rings. The van der Waals surface area contributed by atoms with E-state index in [0.717, 1.165) is 57.3 Å². The maximum absolute atomic E-state index is 12.4. The predicted molar refractivity (Wildman–Crippen MR) is 111 cm³/mol. The number of hydrogen-bond donors (Lipinski definition) is 1. The minimum absolute atomic E-state index is 0.0138. The maximum atomic E-state index is 12.4. The Morgan fingerprint density at radius 1 is 1.14 bits per heavy atom. The molecule has 2 unspecified atom stereocenters. The molecular formula is C23H31N3O3. The zero-order chi connectivity index (χ0) is 20.0. The standard InChI is InChI=1S/C23H31N3O3/c1-2-29-22(28)26-16-7-8-17(26)14-18(13-16)25-11-9-23(10-12-25)15-21(27)24-20-6-4-3-5-19(20)23/h3-6,16-18H,2,7-15H2,1H3,(H,24,27). The summed E-state index contributed by atoms with van der Waals surface area (Å²) in [6.07, 6.45) is 6.86. The molecule has 5 rings (SSSR count). The van der Waals surface area contributed by atoms with Crippen LogP contribution in [-0.2, 0) is 14.9 Å². The molecule has 29 heavy (non-hydrogen) atoms. The monoisotopic (exact) mass is 397 g/mol. The van der Waals surface area contributed by atoms with Crippen molar-refractivity contribution in [2.45, 2.75) is 75.4 Å². The number of nitrogens with one attached hydrogen (secondary N) is 1. The van der Waals surface area contributed by atoms with Crippen molar-refractivity contribution in [3.63, 3.8) is 0 Å².